The summed E-state index contributed by atoms with van der Waals surface area (Å²) in [4.78, 5) is 4.47. The van der Waals surface area contributed by atoms with Gasteiger partial charge in [0.2, 0.25) is 0 Å². The average molecular weight is 205 g/mol. The smallest absolute Gasteiger partial charge is 0.109 e. The van der Waals surface area contributed by atoms with E-state index in [1.807, 2.05) is 6.92 Å². The lowest BCUT2D eigenvalue weighted by molar-refractivity contribution is 0.797. The summed E-state index contributed by atoms with van der Waals surface area (Å²) in [5.74, 6) is 0.763. The lowest BCUT2D eigenvalue weighted by Crippen LogP contribution is -2.04. The van der Waals surface area contributed by atoms with Gasteiger partial charge in [-0.2, -0.15) is 0 Å². The highest BCUT2D eigenvalue weighted by Crippen LogP contribution is 2.40. The molecule has 0 radical (unpaired) electrons. The lowest BCUT2D eigenvalue weighted by Gasteiger charge is -1.96. The molecule has 2 rings (SSSR count). The molecule has 1 atom stereocenters. The van der Waals surface area contributed by atoms with Crippen LogP contribution in [0.4, 0.5) is 0 Å². The maximum atomic E-state index is 5.70. The molecule has 1 saturated carbocycles. The highest BCUT2D eigenvalue weighted by Gasteiger charge is 2.26. The van der Waals surface area contributed by atoms with Crippen LogP contribution in [0.1, 0.15) is 42.4 Å². The maximum Gasteiger partial charge on any atom is 0.109 e. The van der Waals surface area contributed by atoms with Crippen molar-refractivity contribution < 1.29 is 0 Å². The Morgan fingerprint density at radius 1 is 1.67 bits per heavy atom. The second-order valence-corrected chi connectivity index (χ2v) is 4.06. The molecule has 0 saturated heterocycles. The van der Waals surface area contributed by atoms with Crippen molar-refractivity contribution >= 4 is 23.7 Å². The molecule has 1 aromatic rings. The van der Waals surface area contributed by atoms with Gasteiger partial charge in [0.15, 0.2) is 0 Å². The van der Waals surface area contributed by atoms with E-state index >= 15 is 0 Å². The van der Waals surface area contributed by atoms with Crippen LogP contribution in [0.5, 0.6) is 0 Å². The van der Waals surface area contributed by atoms with Crippen molar-refractivity contribution in [2.45, 2.75) is 31.7 Å². The summed E-state index contributed by atoms with van der Waals surface area (Å²) < 4.78 is 0. The van der Waals surface area contributed by atoms with E-state index < -0.39 is 0 Å². The standard InChI is InChI=1S/C8H12N2S.ClH/c1-5(9)8-10-7(4-11-8)6-2-3-6;/h4-6H,2-3,9H2,1H3;1H/t5-;/m0./s1. The van der Waals surface area contributed by atoms with Crippen molar-refractivity contribution in [3.8, 4) is 0 Å². The zero-order valence-corrected chi connectivity index (χ0v) is 8.62. The van der Waals surface area contributed by atoms with Gasteiger partial charge in [-0.1, -0.05) is 0 Å². The number of hydrogen-bond acceptors (Lipinski definition) is 3. The molecule has 68 valence electrons. The van der Waals surface area contributed by atoms with Crippen molar-refractivity contribution in [3.05, 3.63) is 16.1 Å². The Morgan fingerprint density at radius 2 is 2.33 bits per heavy atom. The van der Waals surface area contributed by atoms with Gasteiger partial charge in [-0.3, -0.25) is 0 Å². The first-order valence-corrected chi connectivity index (χ1v) is 4.86. The Labute approximate surface area is 82.6 Å². The fourth-order valence-corrected chi connectivity index (χ4v) is 1.94. The lowest BCUT2D eigenvalue weighted by atomic mass is 10.3. The Morgan fingerprint density at radius 3 is 2.75 bits per heavy atom. The minimum Gasteiger partial charge on any atom is -0.322 e. The van der Waals surface area contributed by atoms with E-state index in [0.717, 1.165) is 10.9 Å². The first-order chi connectivity index (χ1) is 5.27. The van der Waals surface area contributed by atoms with E-state index in [2.05, 4.69) is 10.4 Å². The number of nitrogens with two attached hydrogens (primary N) is 1. The van der Waals surface area contributed by atoms with E-state index in [4.69, 9.17) is 5.73 Å². The summed E-state index contributed by atoms with van der Waals surface area (Å²) in [5, 5.41) is 3.23. The molecule has 1 heterocycles. The maximum absolute atomic E-state index is 5.70. The van der Waals surface area contributed by atoms with Crippen molar-refractivity contribution in [2.75, 3.05) is 0 Å². The molecule has 2 N–H and O–H groups in total. The number of thiazole rings is 1. The van der Waals surface area contributed by atoms with Crippen LogP contribution in [0.25, 0.3) is 0 Å². The van der Waals surface area contributed by atoms with Crippen LogP contribution in [-0.4, -0.2) is 4.98 Å². The summed E-state index contributed by atoms with van der Waals surface area (Å²) in [6.07, 6.45) is 2.64. The largest absolute Gasteiger partial charge is 0.322 e. The molecule has 1 aliphatic rings. The molecule has 0 aromatic carbocycles. The van der Waals surface area contributed by atoms with Gasteiger partial charge in [-0.25, -0.2) is 4.98 Å². The second kappa shape index (κ2) is 3.73. The quantitative estimate of drug-likeness (QED) is 0.804. The van der Waals surface area contributed by atoms with Gasteiger partial charge in [-0.05, 0) is 19.8 Å². The highest BCUT2D eigenvalue weighted by atomic mass is 35.5. The van der Waals surface area contributed by atoms with Gasteiger partial charge in [0, 0.05) is 11.3 Å². The van der Waals surface area contributed by atoms with Crippen LogP contribution in [0.2, 0.25) is 0 Å². The van der Waals surface area contributed by atoms with Crippen molar-refractivity contribution in [1.82, 2.24) is 4.98 Å². The van der Waals surface area contributed by atoms with E-state index in [9.17, 15) is 0 Å². The van der Waals surface area contributed by atoms with Gasteiger partial charge in [-0.15, -0.1) is 23.7 Å². The third-order valence-corrected chi connectivity index (χ3v) is 2.99. The Kier molecular flexibility index (Phi) is 3.09. The van der Waals surface area contributed by atoms with Crippen LogP contribution in [0.3, 0.4) is 0 Å². The van der Waals surface area contributed by atoms with Crippen molar-refractivity contribution in [1.29, 1.82) is 0 Å². The predicted molar refractivity (Wildman–Crippen MR) is 53.9 cm³/mol. The molecular formula is C8H13ClN2S. The topological polar surface area (TPSA) is 38.9 Å². The summed E-state index contributed by atoms with van der Waals surface area (Å²) in [7, 11) is 0. The van der Waals surface area contributed by atoms with Gasteiger partial charge in [0.25, 0.3) is 0 Å². The van der Waals surface area contributed by atoms with Crippen molar-refractivity contribution in [2.24, 2.45) is 5.73 Å². The summed E-state index contributed by atoms with van der Waals surface area (Å²) in [6.45, 7) is 1.98. The van der Waals surface area contributed by atoms with E-state index in [1.54, 1.807) is 11.3 Å². The number of nitrogens with zero attached hydrogens (tertiary/aromatic N) is 1. The molecule has 0 spiro atoms. The molecule has 0 amide bonds. The molecule has 1 aliphatic carbocycles. The second-order valence-electron chi connectivity index (χ2n) is 3.17. The Bertz CT molecular complexity index is 239. The number of hydrogen-bond donors (Lipinski definition) is 1. The zero-order valence-electron chi connectivity index (χ0n) is 6.99. The predicted octanol–water partition coefficient (Wildman–Crippen LogP) is 2.46. The number of halogens is 1. The monoisotopic (exact) mass is 204 g/mol. The third kappa shape index (κ3) is 1.97. The fraction of sp³-hybridized carbons (Fsp3) is 0.625. The highest BCUT2D eigenvalue weighted by molar-refractivity contribution is 7.09. The molecule has 4 heteroatoms. The number of rotatable bonds is 2. The van der Waals surface area contributed by atoms with E-state index in [1.165, 1.54) is 18.5 Å². The summed E-state index contributed by atoms with van der Waals surface area (Å²) >= 11 is 1.69. The third-order valence-electron chi connectivity index (χ3n) is 1.92. The van der Waals surface area contributed by atoms with Gasteiger partial charge in [0.05, 0.1) is 11.7 Å². The van der Waals surface area contributed by atoms with Crippen molar-refractivity contribution in [3.63, 3.8) is 0 Å². The minimum atomic E-state index is 0. The Balaban J connectivity index is 0.000000720. The first-order valence-electron chi connectivity index (χ1n) is 3.98. The summed E-state index contributed by atoms with van der Waals surface area (Å²) in [5.41, 5.74) is 6.96. The Hall–Kier alpha value is -0.120. The average Bonchev–Trinajstić information content (AvgIpc) is 2.68. The van der Waals surface area contributed by atoms with Crippen LogP contribution in [0, 0.1) is 0 Å². The molecule has 0 unspecified atom stereocenters. The van der Waals surface area contributed by atoms with Gasteiger partial charge in [0.1, 0.15) is 5.01 Å². The van der Waals surface area contributed by atoms with Crippen LogP contribution in [0.15, 0.2) is 5.38 Å². The summed E-state index contributed by atoms with van der Waals surface area (Å²) in [6, 6.07) is 0.104. The van der Waals surface area contributed by atoms with Gasteiger partial charge < -0.3 is 5.73 Å². The SMILES string of the molecule is C[C@H](N)c1nc(C2CC2)cs1.Cl. The molecule has 2 nitrogen and oxygen atoms in total. The van der Waals surface area contributed by atoms with Gasteiger partial charge >= 0.3 is 0 Å². The van der Waals surface area contributed by atoms with Crippen LogP contribution < -0.4 is 5.73 Å². The molecule has 0 bridgehead atoms. The van der Waals surface area contributed by atoms with Crippen LogP contribution in [-0.2, 0) is 0 Å². The van der Waals surface area contributed by atoms with Crippen LogP contribution >= 0.6 is 23.7 Å². The first kappa shape index (κ1) is 9.96. The van der Waals surface area contributed by atoms with E-state index in [-0.39, 0.29) is 18.4 Å². The normalized spacial score (nSPS) is 18.5. The molecule has 1 aromatic heterocycles. The fourth-order valence-electron chi connectivity index (χ4n) is 1.08. The molecule has 12 heavy (non-hydrogen) atoms. The molecule has 0 aliphatic heterocycles. The molecular weight excluding hydrogens is 192 g/mol. The number of aromatic nitrogens is 1. The minimum absolute atomic E-state index is 0. The van der Waals surface area contributed by atoms with E-state index in [0.29, 0.717) is 0 Å². The molecule has 1 fully saturated rings. The zero-order chi connectivity index (χ0) is 7.84.